The second-order valence-electron chi connectivity index (χ2n) is 7.14. The number of carbonyl (C=O) groups is 1. The number of nitrogens with zero attached hydrogens (tertiary/aromatic N) is 1. The van der Waals surface area contributed by atoms with E-state index in [0.717, 1.165) is 29.0 Å². The first-order valence-corrected chi connectivity index (χ1v) is 8.67. The fraction of sp³-hybridized carbons (Fsp3) is 0.350. The molecule has 1 atom stereocenters. The van der Waals surface area contributed by atoms with Gasteiger partial charge in [-0.05, 0) is 73.3 Å². The highest BCUT2D eigenvalue weighted by atomic mass is 16.5. The number of anilines is 1. The van der Waals surface area contributed by atoms with Crippen molar-refractivity contribution in [1.29, 1.82) is 0 Å². The molecule has 4 heteroatoms. The van der Waals surface area contributed by atoms with Crippen molar-refractivity contribution in [3.63, 3.8) is 0 Å². The van der Waals surface area contributed by atoms with Crippen LogP contribution >= 0.6 is 0 Å². The van der Waals surface area contributed by atoms with E-state index in [1.807, 2.05) is 30.3 Å². The first-order chi connectivity index (χ1) is 11.7. The largest absolute Gasteiger partial charge is 0.489 e. The van der Waals surface area contributed by atoms with Crippen LogP contribution in [-0.4, -0.2) is 36.4 Å². The van der Waals surface area contributed by atoms with Crippen LogP contribution in [0.5, 0.6) is 5.75 Å². The van der Waals surface area contributed by atoms with Crippen molar-refractivity contribution in [1.82, 2.24) is 4.90 Å². The number of hydrogen-bond donors (Lipinski definition) is 1. The molecular formula is C20H20N2O2. The Bertz CT molecular complexity index is 838. The van der Waals surface area contributed by atoms with E-state index < -0.39 is 0 Å². The molecule has 0 saturated carbocycles. The third-order valence-electron chi connectivity index (χ3n) is 5.70. The minimum Gasteiger partial charge on any atom is -0.489 e. The summed E-state index contributed by atoms with van der Waals surface area (Å²) in [7, 11) is 0. The lowest BCUT2D eigenvalue weighted by molar-refractivity contribution is -0.00777. The van der Waals surface area contributed by atoms with Crippen molar-refractivity contribution in [2.75, 3.05) is 25.4 Å². The van der Waals surface area contributed by atoms with Gasteiger partial charge in [-0.15, -0.1) is 0 Å². The second-order valence-corrected chi connectivity index (χ2v) is 7.14. The zero-order valence-electron chi connectivity index (χ0n) is 13.5. The lowest BCUT2D eigenvalue weighted by atomic mass is 9.86. The summed E-state index contributed by atoms with van der Waals surface area (Å²) in [5.74, 6) is 1.50. The van der Waals surface area contributed by atoms with Gasteiger partial charge >= 0.3 is 0 Å². The number of rotatable bonds is 2. The van der Waals surface area contributed by atoms with Gasteiger partial charge in [0.05, 0.1) is 0 Å². The van der Waals surface area contributed by atoms with Crippen molar-refractivity contribution in [2.24, 2.45) is 5.92 Å². The SMILES string of the molecule is Nc1ccc2c(c1)C(=O)c1cc(O[C@H]3CN4CCC3CC4)ccc1-2. The molecule has 0 radical (unpaired) electrons. The van der Waals surface area contributed by atoms with E-state index in [2.05, 4.69) is 4.90 Å². The quantitative estimate of drug-likeness (QED) is 0.738. The first-order valence-electron chi connectivity index (χ1n) is 8.67. The molecule has 1 aliphatic carbocycles. The standard InChI is InChI=1S/C20H20N2O2/c21-13-1-3-15-16-4-2-14(10-18(16)20(23)17(15)9-13)24-19-11-22-7-5-12(19)6-8-22/h1-4,9-10,12,19H,5-8,11,21H2/t19-/m0/s1. The Labute approximate surface area is 141 Å². The Morgan fingerprint density at radius 2 is 1.67 bits per heavy atom. The number of ketones is 1. The summed E-state index contributed by atoms with van der Waals surface area (Å²) in [5, 5.41) is 0. The number of nitrogen functional groups attached to an aromatic ring is 1. The summed E-state index contributed by atoms with van der Waals surface area (Å²) < 4.78 is 6.27. The summed E-state index contributed by atoms with van der Waals surface area (Å²) in [6.45, 7) is 3.40. The average molecular weight is 320 g/mol. The van der Waals surface area contributed by atoms with Crippen LogP contribution in [0.4, 0.5) is 5.69 Å². The maximum absolute atomic E-state index is 12.7. The fourth-order valence-electron chi connectivity index (χ4n) is 4.37. The molecule has 4 nitrogen and oxygen atoms in total. The molecule has 2 bridgehead atoms. The van der Waals surface area contributed by atoms with Gasteiger partial charge in [-0.25, -0.2) is 0 Å². The van der Waals surface area contributed by atoms with Crippen LogP contribution in [0, 0.1) is 5.92 Å². The molecule has 122 valence electrons. The van der Waals surface area contributed by atoms with Gasteiger partial charge in [0.25, 0.3) is 0 Å². The predicted molar refractivity (Wildman–Crippen MR) is 93.3 cm³/mol. The molecule has 2 N–H and O–H groups in total. The zero-order valence-corrected chi connectivity index (χ0v) is 13.5. The van der Waals surface area contributed by atoms with E-state index in [1.165, 1.54) is 25.9 Å². The van der Waals surface area contributed by atoms with E-state index in [4.69, 9.17) is 10.5 Å². The summed E-state index contributed by atoms with van der Waals surface area (Å²) in [4.78, 5) is 15.2. The normalized spacial score (nSPS) is 27.0. The fourth-order valence-corrected chi connectivity index (χ4v) is 4.37. The van der Waals surface area contributed by atoms with Gasteiger partial charge < -0.3 is 10.5 Å². The summed E-state index contributed by atoms with van der Waals surface area (Å²) in [6.07, 6.45) is 2.69. The van der Waals surface area contributed by atoms with Crippen molar-refractivity contribution >= 4 is 11.5 Å². The number of carbonyl (C=O) groups excluding carboxylic acids is 1. The predicted octanol–water partition coefficient (Wildman–Crippen LogP) is 2.95. The summed E-state index contributed by atoms with van der Waals surface area (Å²) >= 11 is 0. The first kappa shape index (κ1) is 14.1. The molecule has 0 aromatic heterocycles. The van der Waals surface area contributed by atoms with Gasteiger partial charge in [0.1, 0.15) is 11.9 Å². The van der Waals surface area contributed by atoms with Crippen LogP contribution in [0.15, 0.2) is 36.4 Å². The van der Waals surface area contributed by atoms with Crippen molar-refractivity contribution in [3.8, 4) is 16.9 Å². The maximum Gasteiger partial charge on any atom is 0.194 e. The van der Waals surface area contributed by atoms with E-state index in [1.54, 1.807) is 6.07 Å². The third-order valence-corrected chi connectivity index (χ3v) is 5.70. The highest BCUT2D eigenvalue weighted by molar-refractivity contribution is 6.22. The summed E-state index contributed by atoms with van der Waals surface area (Å²) in [6, 6.07) is 11.5. The maximum atomic E-state index is 12.7. The van der Waals surface area contributed by atoms with Crippen LogP contribution in [0.25, 0.3) is 11.1 Å². The molecule has 3 fully saturated rings. The number of benzene rings is 2. The number of ether oxygens (including phenoxy) is 1. The highest BCUT2D eigenvalue weighted by Gasteiger charge is 2.36. The van der Waals surface area contributed by atoms with E-state index in [-0.39, 0.29) is 11.9 Å². The Kier molecular flexibility index (Phi) is 2.98. The molecule has 3 saturated heterocycles. The smallest absolute Gasteiger partial charge is 0.194 e. The molecule has 4 aliphatic rings. The van der Waals surface area contributed by atoms with Gasteiger partial charge in [-0.1, -0.05) is 6.07 Å². The lowest BCUT2D eigenvalue weighted by Gasteiger charge is -2.44. The number of hydrogen-bond acceptors (Lipinski definition) is 4. The van der Waals surface area contributed by atoms with Crippen LogP contribution in [0.3, 0.4) is 0 Å². The molecule has 0 amide bonds. The van der Waals surface area contributed by atoms with Gasteiger partial charge in [0.15, 0.2) is 5.78 Å². The minimum absolute atomic E-state index is 0.0478. The second kappa shape index (κ2) is 5.08. The topological polar surface area (TPSA) is 55.6 Å². The Morgan fingerprint density at radius 3 is 2.38 bits per heavy atom. The van der Waals surface area contributed by atoms with Crippen molar-refractivity contribution in [2.45, 2.75) is 18.9 Å². The van der Waals surface area contributed by atoms with Crippen molar-refractivity contribution < 1.29 is 9.53 Å². The molecule has 3 aliphatic heterocycles. The van der Waals surface area contributed by atoms with Crippen LogP contribution in [0.2, 0.25) is 0 Å². The van der Waals surface area contributed by atoms with Crippen LogP contribution in [-0.2, 0) is 0 Å². The molecule has 3 heterocycles. The monoisotopic (exact) mass is 320 g/mol. The zero-order chi connectivity index (χ0) is 16.3. The number of piperidine rings is 3. The number of nitrogens with two attached hydrogens (primary N) is 1. The van der Waals surface area contributed by atoms with Gasteiger partial charge in [0.2, 0.25) is 0 Å². The van der Waals surface area contributed by atoms with Gasteiger partial charge in [-0.3, -0.25) is 9.69 Å². The molecule has 0 spiro atoms. The lowest BCUT2D eigenvalue weighted by Crippen LogP contribution is -2.52. The molecule has 0 unspecified atom stereocenters. The third kappa shape index (κ3) is 2.06. The van der Waals surface area contributed by atoms with Gasteiger partial charge in [0, 0.05) is 23.4 Å². The van der Waals surface area contributed by atoms with Crippen LogP contribution < -0.4 is 10.5 Å². The van der Waals surface area contributed by atoms with Crippen molar-refractivity contribution in [3.05, 3.63) is 47.5 Å². The Morgan fingerprint density at radius 1 is 0.958 bits per heavy atom. The van der Waals surface area contributed by atoms with Crippen LogP contribution in [0.1, 0.15) is 28.8 Å². The molecule has 6 rings (SSSR count). The minimum atomic E-state index is 0.0478. The van der Waals surface area contributed by atoms with Gasteiger partial charge in [-0.2, -0.15) is 0 Å². The number of fused-ring (bicyclic) bond motifs is 6. The highest BCUT2D eigenvalue weighted by Crippen LogP contribution is 2.40. The molecule has 24 heavy (non-hydrogen) atoms. The Balaban J connectivity index is 1.45. The average Bonchev–Trinajstić information content (AvgIpc) is 2.88. The molecule has 2 aromatic carbocycles. The summed E-state index contributed by atoms with van der Waals surface area (Å²) in [5.41, 5.74) is 9.84. The van der Waals surface area contributed by atoms with E-state index in [0.29, 0.717) is 17.2 Å². The molecule has 2 aromatic rings. The molecular weight excluding hydrogens is 300 g/mol. The Hall–Kier alpha value is -2.33. The van der Waals surface area contributed by atoms with E-state index in [9.17, 15) is 4.79 Å². The van der Waals surface area contributed by atoms with E-state index >= 15 is 0 Å².